The Morgan fingerprint density at radius 3 is 1.59 bits per heavy atom. The number of para-hydroxylation sites is 3. The second-order valence-electron chi connectivity index (χ2n) is 14.8. The van der Waals surface area contributed by atoms with E-state index in [4.69, 9.17) is 15.0 Å². The summed E-state index contributed by atoms with van der Waals surface area (Å²) in [6.45, 7) is 0. The van der Waals surface area contributed by atoms with Crippen molar-refractivity contribution in [2.24, 2.45) is 0 Å². The van der Waals surface area contributed by atoms with Crippen LogP contribution in [0.25, 0.3) is 111 Å². The van der Waals surface area contributed by atoms with E-state index >= 15 is 0 Å². The number of aromatic nitrogens is 5. The van der Waals surface area contributed by atoms with Crippen LogP contribution in [0, 0.1) is 0 Å². The molecule has 5 nitrogen and oxygen atoms in total. The summed E-state index contributed by atoms with van der Waals surface area (Å²) in [5.41, 5.74) is 9.75. The first-order valence-electron chi connectivity index (χ1n) is 19.6. The lowest BCUT2D eigenvalue weighted by Gasteiger charge is -2.15. The lowest BCUT2D eigenvalue weighted by molar-refractivity contribution is 1.08. The van der Waals surface area contributed by atoms with E-state index in [1.54, 1.807) is 0 Å². The van der Waals surface area contributed by atoms with Gasteiger partial charge in [-0.15, -0.1) is 0 Å². The molecule has 0 N–H and O–H groups in total. The number of nitrogens with zero attached hydrogens (tertiary/aromatic N) is 5. The molecule has 12 aromatic rings. The van der Waals surface area contributed by atoms with Crippen molar-refractivity contribution in [1.29, 1.82) is 0 Å². The van der Waals surface area contributed by atoms with Crippen molar-refractivity contribution in [3.05, 3.63) is 200 Å². The summed E-state index contributed by atoms with van der Waals surface area (Å²) in [5.74, 6) is 1.92. The summed E-state index contributed by atoms with van der Waals surface area (Å²) < 4.78 is 4.83. The SMILES string of the molecule is c1ccc(-c2nc(-c3ccc4ccccc4c3)nc(-c3ccc(-n4c5ccccc5c5cc6c7ccccc7n(-c7ccccc7)c6cc54)c4ccccc34)n2)cc1. The third-order valence-electron chi connectivity index (χ3n) is 11.5. The van der Waals surface area contributed by atoms with Crippen LogP contribution < -0.4 is 0 Å². The zero-order valence-electron chi connectivity index (χ0n) is 31.3. The normalized spacial score (nSPS) is 11.8. The lowest BCUT2D eigenvalue weighted by Crippen LogP contribution is -2.02. The van der Waals surface area contributed by atoms with Gasteiger partial charge in [0.2, 0.25) is 0 Å². The zero-order valence-corrected chi connectivity index (χ0v) is 31.3. The van der Waals surface area contributed by atoms with E-state index in [0.29, 0.717) is 17.5 Å². The highest BCUT2D eigenvalue weighted by Gasteiger charge is 2.21. The van der Waals surface area contributed by atoms with E-state index in [-0.39, 0.29) is 0 Å². The average molecular weight is 740 g/mol. The number of hydrogen-bond donors (Lipinski definition) is 0. The molecule has 58 heavy (non-hydrogen) atoms. The molecule has 0 unspecified atom stereocenters. The van der Waals surface area contributed by atoms with E-state index in [9.17, 15) is 0 Å². The first-order chi connectivity index (χ1) is 28.8. The summed E-state index contributed by atoms with van der Waals surface area (Å²) in [7, 11) is 0. The molecule has 0 amide bonds. The molecule has 0 spiro atoms. The van der Waals surface area contributed by atoms with Crippen LogP contribution >= 0.6 is 0 Å². The Morgan fingerprint density at radius 2 is 0.845 bits per heavy atom. The number of rotatable bonds is 5. The molecular formula is C53H33N5. The maximum Gasteiger partial charge on any atom is 0.164 e. The molecular weight excluding hydrogens is 707 g/mol. The summed E-state index contributed by atoms with van der Waals surface area (Å²) >= 11 is 0. The molecule has 3 aromatic heterocycles. The molecule has 0 saturated heterocycles. The number of benzene rings is 9. The molecule has 0 aliphatic carbocycles. The molecule has 3 heterocycles. The molecule has 0 aliphatic rings. The van der Waals surface area contributed by atoms with Gasteiger partial charge in [0.25, 0.3) is 0 Å². The van der Waals surface area contributed by atoms with Gasteiger partial charge in [0.1, 0.15) is 0 Å². The van der Waals surface area contributed by atoms with Crippen LogP contribution in [0.5, 0.6) is 0 Å². The lowest BCUT2D eigenvalue weighted by atomic mass is 10.0. The summed E-state index contributed by atoms with van der Waals surface area (Å²) in [6.07, 6.45) is 0. The fourth-order valence-electron chi connectivity index (χ4n) is 8.89. The molecule has 0 fully saturated rings. The van der Waals surface area contributed by atoms with E-state index in [1.165, 1.54) is 38.0 Å². The third kappa shape index (κ3) is 5.00. The van der Waals surface area contributed by atoms with Gasteiger partial charge in [-0.05, 0) is 70.8 Å². The highest BCUT2D eigenvalue weighted by molar-refractivity contribution is 6.20. The van der Waals surface area contributed by atoms with Crippen molar-refractivity contribution < 1.29 is 0 Å². The van der Waals surface area contributed by atoms with Crippen LogP contribution in [0.4, 0.5) is 0 Å². The quantitative estimate of drug-likeness (QED) is 0.177. The van der Waals surface area contributed by atoms with Crippen LogP contribution in [0.1, 0.15) is 0 Å². The standard InChI is InChI=1S/C53H33N5/c1-3-16-35(17-4-1)51-54-52(37-28-27-34-15-7-8-18-36(34)31-37)56-53(55-51)43-29-30-48(40-22-10-9-21-39(40)43)58-47-26-14-12-24-42(47)45-32-44-41-23-11-13-25-46(41)57(49(44)33-50(45)58)38-19-5-2-6-20-38/h1-33H. The smallest absolute Gasteiger partial charge is 0.164 e. The maximum atomic E-state index is 5.21. The van der Waals surface area contributed by atoms with Gasteiger partial charge in [0.05, 0.1) is 27.8 Å². The van der Waals surface area contributed by atoms with E-state index < -0.39 is 0 Å². The Bertz CT molecular complexity index is 3560. The molecule has 0 bridgehead atoms. The Balaban J connectivity index is 1.11. The minimum atomic E-state index is 0.635. The largest absolute Gasteiger partial charge is 0.309 e. The Morgan fingerprint density at radius 1 is 0.293 bits per heavy atom. The van der Waals surface area contributed by atoms with Crippen LogP contribution in [0.15, 0.2) is 200 Å². The maximum absolute atomic E-state index is 5.21. The number of hydrogen-bond acceptors (Lipinski definition) is 3. The van der Waals surface area contributed by atoms with Gasteiger partial charge in [-0.3, -0.25) is 0 Å². The summed E-state index contributed by atoms with van der Waals surface area (Å²) in [5, 5.41) is 9.42. The van der Waals surface area contributed by atoms with Crippen molar-refractivity contribution in [2.45, 2.75) is 0 Å². The molecule has 5 heteroatoms. The molecule has 0 saturated carbocycles. The summed E-state index contributed by atoms with van der Waals surface area (Å²) in [6, 6.07) is 71.0. The van der Waals surface area contributed by atoms with Crippen molar-refractivity contribution >= 4 is 65.2 Å². The molecule has 0 aliphatic heterocycles. The van der Waals surface area contributed by atoms with Gasteiger partial charge in [-0.1, -0.05) is 146 Å². The second kappa shape index (κ2) is 12.8. The highest BCUT2D eigenvalue weighted by atomic mass is 15.0. The van der Waals surface area contributed by atoms with E-state index in [2.05, 4.69) is 191 Å². The van der Waals surface area contributed by atoms with Gasteiger partial charge >= 0.3 is 0 Å². The van der Waals surface area contributed by atoms with Crippen LogP contribution in [-0.2, 0) is 0 Å². The van der Waals surface area contributed by atoms with Crippen LogP contribution in [0.2, 0.25) is 0 Å². The van der Waals surface area contributed by atoms with Gasteiger partial charge < -0.3 is 9.13 Å². The first kappa shape index (κ1) is 32.4. The molecule has 12 rings (SSSR count). The Hall–Kier alpha value is -7.89. The van der Waals surface area contributed by atoms with Crippen LogP contribution in [0.3, 0.4) is 0 Å². The minimum Gasteiger partial charge on any atom is -0.309 e. The molecule has 270 valence electrons. The fourth-order valence-corrected chi connectivity index (χ4v) is 8.89. The van der Waals surface area contributed by atoms with Crippen molar-refractivity contribution in [3.8, 4) is 45.5 Å². The van der Waals surface area contributed by atoms with Crippen molar-refractivity contribution in [1.82, 2.24) is 24.1 Å². The van der Waals surface area contributed by atoms with Crippen LogP contribution in [-0.4, -0.2) is 24.1 Å². The predicted octanol–water partition coefficient (Wildman–Crippen LogP) is 13.4. The highest BCUT2D eigenvalue weighted by Crippen LogP contribution is 2.42. The van der Waals surface area contributed by atoms with E-state index in [0.717, 1.165) is 55.3 Å². The monoisotopic (exact) mass is 739 g/mol. The van der Waals surface area contributed by atoms with Gasteiger partial charge in [0.15, 0.2) is 17.5 Å². The van der Waals surface area contributed by atoms with E-state index in [1.807, 2.05) is 18.2 Å². The molecule has 9 aromatic carbocycles. The predicted molar refractivity (Wildman–Crippen MR) is 240 cm³/mol. The number of fused-ring (bicyclic) bond motifs is 8. The fraction of sp³-hybridized carbons (Fsp3) is 0. The van der Waals surface area contributed by atoms with Crippen molar-refractivity contribution in [3.63, 3.8) is 0 Å². The average Bonchev–Trinajstić information content (AvgIpc) is 3.80. The van der Waals surface area contributed by atoms with Gasteiger partial charge in [-0.25, -0.2) is 15.0 Å². The van der Waals surface area contributed by atoms with Gasteiger partial charge in [-0.2, -0.15) is 0 Å². The topological polar surface area (TPSA) is 48.5 Å². The second-order valence-corrected chi connectivity index (χ2v) is 14.8. The minimum absolute atomic E-state index is 0.635. The summed E-state index contributed by atoms with van der Waals surface area (Å²) in [4.78, 5) is 15.4. The Labute approximate surface area is 333 Å². The Kier molecular flexibility index (Phi) is 7.16. The molecule has 0 atom stereocenters. The third-order valence-corrected chi connectivity index (χ3v) is 11.5. The van der Waals surface area contributed by atoms with Gasteiger partial charge in [0, 0.05) is 49.3 Å². The zero-order chi connectivity index (χ0) is 38.2. The first-order valence-corrected chi connectivity index (χ1v) is 19.6. The molecule has 0 radical (unpaired) electrons. The van der Waals surface area contributed by atoms with Crippen molar-refractivity contribution in [2.75, 3.05) is 0 Å².